The highest BCUT2D eigenvalue weighted by molar-refractivity contribution is 5.80. The molecule has 0 unspecified atom stereocenters. The Hall–Kier alpha value is -1.89. The first-order valence-electron chi connectivity index (χ1n) is 7.28. The molecule has 1 fully saturated rings. The Morgan fingerprint density at radius 1 is 1.52 bits per heavy atom. The maximum Gasteiger partial charge on any atom is 0.228 e. The van der Waals surface area contributed by atoms with Crippen molar-refractivity contribution in [3.8, 4) is 0 Å². The van der Waals surface area contributed by atoms with Crippen molar-refractivity contribution in [1.29, 1.82) is 0 Å². The lowest BCUT2D eigenvalue weighted by Gasteiger charge is -2.34. The Morgan fingerprint density at radius 3 is 3.10 bits per heavy atom. The van der Waals surface area contributed by atoms with Crippen LogP contribution in [0.25, 0.3) is 0 Å². The zero-order chi connectivity index (χ0) is 14.8. The van der Waals surface area contributed by atoms with Crippen molar-refractivity contribution >= 4 is 11.8 Å². The molecular formula is C14H20N4O3. The summed E-state index contributed by atoms with van der Waals surface area (Å²) in [5.41, 5.74) is 0.974. The second-order valence-corrected chi connectivity index (χ2v) is 5.58. The van der Waals surface area contributed by atoms with E-state index in [1.165, 1.54) is 0 Å². The number of rotatable bonds is 3. The fourth-order valence-corrected chi connectivity index (χ4v) is 3.01. The number of hydrogen-bond donors (Lipinski definition) is 1. The zero-order valence-electron chi connectivity index (χ0n) is 12.1. The summed E-state index contributed by atoms with van der Waals surface area (Å²) in [4.78, 5) is 26.1. The van der Waals surface area contributed by atoms with Gasteiger partial charge in [-0.05, 0) is 12.5 Å². The van der Waals surface area contributed by atoms with Gasteiger partial charge in [-0.25, -0.2) is 0 Å². The normalized spacial score (nSPS) is 24.7. The van der Waals surface area contributed by atoms with E-state index < -0.39 is 0 Å². The molecule has 114 valence electrons. The molecule has 7 nitrogen and oxygen atoms in total. The lowest BCUT2D eigenvalue weighted by atomic mass is 10.0. The van der Waals surface area contributed by atoms with Crippen LogP contribution in [0.3, 0.4) is 0 Å². The molecule has 3 heterocycles. The number of nitrogens with one attached hydrogen (secondary N) is 1. The molecule has 2 aliphatic heterocycles. The van der Waals surface area contributed by atoms with E-state index in [1.807, 2.05) is 15.6 Å². The molecule has 1 saturated heterocycles. The van der Waals surface area contributed by atoms with Crippen molar-refractivity contribution in [1.82, 2.24) is 20.0 Å². The average Bonchev–Trinajstić information content (AvgIpc) is 3.17. The molecule has 0 bridgehead atoms. The highest BCUT2D eigenvalue weighted by Crippen LogP contribution is 2.26. The Labute approximate surface area is 123 Å². The Bertz CT molecular complexity index is 536. The van der Waals surface area contributed by atoms with Crippen molar-refractivity contribution in [3.63, 3.8) is 0 Å². The molecule has 0 spiro atoms. The summed E-state index contributed by atoms with van der Waals surface area (Å²) >= 11 is 0. The van der Waals surface area contributed by atoms with Gasteiger partial charge in [0.1, 0.15) is 0 Å². The number of carbonyl (C=O) groups excluding carboxylic acids is 2. The van der Waals surface area contributed by atoms with E-state index in [1.54, 1.807) is 13.2 Å². The van der Waals surface area contributed by atoms with Gasteiger partial charge in [-0.1, -0.05) is 0 Å². The topological polar surface area (TPSA) is 76.5 Å². The van der Waals surface area contributed by atoms with Gasteiger partial charge in [-0.3, -0.25) is 14.3 Å². The van der Waals surface area contributed by atoms with Crippen LogP contribution in [-0.2, 0) is 20.9 Å². The number of nitrogens with zero attached hydrogens (tertiary/aromatic N) is 3. The van der Waals surface area contributed by atoms with E-state index in [9.17, 15) is 9.59 Å². The van der Waals surface area contributed by atoms with Crippen molar-refractivity contribution in [2.45, 2.75) is 25.4 Å². The van der Waals surface area contributed by atoms with Crippen molar-refractivity contribution in [2.24, 2.45) is 5.92 Å². The highest BCUT2D eigenvalue weighted by Gasteiger charge is 2.34. The number of amides is 2. The molecule has 21 heavy (non-hydrogen) atoms. The van der Waals surface area contributed by atoms with Crippen LogP contribution < -0.4 is 5.32 Å². The predicted molar refractivity (Wildman–Crippen MR) is 74.3 cm³/mol. The van der Waals surface area contributed by atoms with Crippen LogP contribution in [0.15, 0.2) is 12.3 Å². The summed E-state index contributed by atoms with van der Waals surface area (Å²) in [5, 5.41) is 6.92. The Balaban J connectivity index is 1.76. The van der Waals surface area contributed by atoms with Gasteiger partial charge in [0.15, 0.2) is 0 Å². The Morgan fingerprint density at radius 2 is 2.38 bits per heavy atom. The third kappa shape index (κ3) is 2.78. The van der Waals surface area contributed by atoms with Crippen molar-refractivity contribution in [2.75, 3.05) is 26.8 Å². The van der Waals surface area contributed by atoms with Crippen LogP contribution in [0.4, 0.5) is 0 Å². The molecule has 2 amide bonds. The van der Waals surface area contributed by atoms with Crippen LogP contribution in [0.5, 0.6) is 0 Å². The summed E-state index contributed by atoms with van der Waals surface area (Å²) < 4.78 is 7.17. The van der Waals surface area contributed by atoms with Gasteiger partial charge in [-0.15, -0.1) is 0 Å². The molecule has 0 saturated carbocycles. The van der Waals surface area contributed by atoms with Gasteiger partial charge >= 0.3 is 0 Å². The number of carbonyl (C=O) groups is 2. The fourth-order valence-electron chi connectivity index (χ4n) is 3.01. The smallest absolute Gasteiger partial charge is 0.228 e. The van der Waals surface area contributed by atoms with Crippen LogP contribution in [-0.4, -0.2) is 53.3 Å². The first kappa shape index (κ1) is 14.1. The minimum absolute atomic E-state index is 0.0416. The fraction of sp³-hybridized carbons (Fsp3) is 0.643. The van der Waals surface area contributed by atoms with Crippen molar-refractivity contribution in [3.05, 3.63) is 18.0 Å². The van der Waals surface area contributed by atoms with E-state index in [0.29, 0.717) is 32.7 Å². The standard InChI is InChI=1S/C14H20N4O3/c1-15-13(19)6-12-8-17(7-11-2-4-16-18(11)12)14(20)10-3-5-21-9-10/h2,4,10,12H,3,5-9H2,1H3,(H,15,19)/t10-,12-/m0/s1. The quantitative estimate of drug-likeness (QED) is 0.846. The second-order valence-electron chi connectivity index (χ2n) is 5.58. The van der Waals surface area contributed by atoms with E-state index in [4.69, 9.17) is 4.74 Å². The minimum atomic E-state index is -0.102. The molecule has 2 aliphatic rings. The SMILES string of the molecule is CNC(=O)C[C@H]1CN(C(=O)[C@H]2CCOC2)Cc2ccnn21. The molecule has 1 aromatic heterocycles. The molecule has 0 radical (unpaired) electrons. The summed E-state index contributed by atoms with van der Waals surface area (Å²) in [6.45, 7) is 2.25. The van der Waals surface area contributed by atoms with Gasteiger partial charge in [-0.2, -0.15) is 5.10 Å². The first-order valence-corrected chi connectivity index (χ1v) is 7.28. The van der Waals surface area contributed by atoms with E-state index in [2.05, 4.69) is 10.4 Å². The molecule has 2 atom stereocenters. The average molecular weight is 292 g/mol. The van der Waals surface area contributed by atoms with Gasteiger partial charge in [0.25, 0.3) is 0 Å². The van der Waals surface area contributed by atoms with Gasteiger partial charge in [0, 0.05) is 26.4 Å². The summed E-state index contributed by atoms with van der Waals surface area (Å²) in [5.74, 6) is 0.0435. The summed E-state index contributed by atoms with van der Waals surface area (Å²) in [6, 6.07) is 1.80. The molecule has 1 N–H and O–H groups in total. The van der Waals surface area contributed by atoms with E-state index in [0.717, 1.165) is 12.1 Å². The minimum Gasteiger partial charge on any atom is -0.381 e. The molecule has 3 rings (SSSR count). The maximum atomic E-state index is 12.5. The molecule has 7 heteroatoms. The van der Waals surface area contributed by atoms with Crippen LogP contribution in [0, 0.1) is 5.92 Å². The lowest BCUT2D eigenvalue weighted by Crippen LogP contribution is -2.45. The first-order chi connectivity index (χ1) is 10.2. The number of aromatic nitrogens is 2. The Kier molecular flexibility index (Phi) is 3.92. The third-order valence-electron chi connectivity index (χ3n) is 4.17. The molecular weight excluding hydrogens is 272 g/mol. The number of hydrogen-bond acceptors (Lipinski definition) is 4. The molecule has 1 aromatic rings. The van der Waals surface area contributed by atoms with Gasteiger partial charge < -0.3 is 15.0 Å². The zero-order valence-corrected chi connectivity index (χ0v) is 12.1. The van der Waals surface area contributed by atoms with Crippen molar-refractivity contribution < 1.29 is 14.3 Å². The summed E-state index contributed by atoms with van der Waals surface area (Å²) in [6.07, 6.45) is 2.84. The second kappa shape index (κ2) is 5.85. The number of ether oxygens (including phenoxy) is 1. The number of fused-ring (bicyclic) bond motifs is 1. The molecule has 0 aromatic carbocycles. The predicted octanol–water partition coefficient (Wildman–Crippen LogP) is -0.0610. The third-order valence-corrected chi connectivity index (χ3v) is 4.17. The summed E-state index contributed by atoms with van der Waals surface area (Å²) in [7, 11) is 1.62. The van der Waals surface area contributed by atoms with Gasteiger partial charge in [0.2, 0.25) is 11.8 Å². The lowest BCUT2D eigenvalue weighted by molar-refractivity contribution is -0.138. The maximum absolute atomic E-state index is 12.5. The van der Waals surface area contributed by atoms with Crippen LogP contribution >= 0.6 is 0 Å². The highest BCUT2D eigenvalue weighted by atomic mass is 16.5. The van der Waals surface area contributed by atoms with Crippen LogP contribution in [0.2, 0.25) is 0 Å². The van der Waals surface area contributed by atoms with Crippen LogP contribution in [0.1, 0.15) is 24.6 Å². The monoisotopic (exact) mass is 292 g/mol. The van der Waals surface area contributed by atoms with Gasteiger partial charge in [0.05, 0.1) is 37.2 Å². The largest absolute Gasteiger partial charge is 0.381 e. The molecule has 0 aliphatic carbocycles. The van der Waals surface area contributed by atoms with E-state index in [-0.39, 0.29) is 23.8 Å². The van der Waals surface area contributed by atoms with E-state index >= 15 is 0 Å².